The fourth-order valence-corrected chi connectivity index (χ4v) is 2.58. The van der Waals surface area contributed by atoms with Gasteiger partial charge >= 0.3 is 0 Å². The Kier molecular flexibility index (Phi) is 5.18. The van der Waals surface area contributed by atoms with Gasteiger partial charge in [-0.25, -0.2) is 4.98 Å². The predicted molar refractivity (Wildman–Crippen MR) is 86.2 cm³/mol. The maximum atomic E-state index is 4.83. The van der Waals surface area contributed by atoms with E-state index in [2.05, 4.69) is 55.8 Å². The van der Waals surface area contributed by atoms with Crippen LogP contribution in [0.3, 0.4) is 0 Å². The molecule has 3 heteroatoms. The minimum atomic E-state index is 0.701. The first kappa shape index (κ1) is 15.0. The number of rotatable bonds is 7. The molecule has 1 aromatic carbocycles. The lowest BCUT2D eigenvalue weighted by molar-refractivity contribution is 0.545. The maximum absolute atomic E-state index is 4.83. The molecule has 20 heavy (non-hydrogen) atoms. The van der Waals surface area contributed by atoms with Crippen LogP contribution in [0.4, 0.5) is 0 Å². The van der Waals surface area contributed by atoms with E-state index in [1.807, 2.05) is 0 Å². The Labute approximate surface area is 122 Å². The third kappa shape index (κ3) is 3.40. The molecule has 3 nitrogen and oxygen atoms in total. The minimum absolute atomic E-state index is 0.701. The van der Waals surface area contributed by atoms with E-state index in [0.717, 1.165) is 38.0 Å². The average molecular weight is 273 g/mol. The molecule has 0 radical (unpaired) electrons. The Bertz CT molecular complexity index is 555. The van der Waals surface area contributed by atoms with Crippen molar-refractivity contribution in [1.82, 2.24) is 14.9 Å². The van der Waals surface area contributed by atoms with E-state index in [1.54, 1.807) is 0 Å². The minimum Gasteiger partial charge on any atom is -0.328 e. The van der Waals surface area contributed by atoms with Crippen molar-refractivity contribution in [2.45, 2.75) is 47.1 Å². The summed E-state index contributed by atoms with van der Waals surface area (Å²) >= 11 is 0. The Hall–Kier alpha value is -1.35. The Morgan fingerprint density at radius 1 is 1.25 bits per heavy atom. The molecule has 2 aromatic rings. The van der Waals surface area contributed by atoms with Crippen LogP contribution < -0.4 is 5.32 Å². The molecule has 1 aromatic heterocycles. The van der Waals surface area contributed by atoms with E-state index in [4.69, 9.17) is 4.98 Å². The van der Waals surface area contributed by atoms with Gasteiger partial charge in [-0.3, -0.25) is 0 Å². The van der Waals surface area contributed by atoms with Crippen LogP contribution in [0.2, 0.25) is 0 Å². The molecule has 0 amide bonds. The van der Waals surface area contributed by atoms with E-state index in [9.17, 15) is 0 Å². The van der Waals surface area contributed by atoms with Gasteiger partial charge in [0.2, 0.25) is 0 Å². The van der Waals surface area contributed by atoms with Gasteiger partial charge in [0.1, 0.15) is 5.82 Å². The number of hydrogen-bond acceptors (Lipinski definition) is 2. The van der Waals surface area contributed by atoms with E-state index >= 15 is 0 Å². The lowest BCUT2D eigenvalue weighted by atomic mass is 10.1. The van der Waals surface area contributed by atoms with Crippen molar-refractivity contribution < 1.29 is 0 Å². The molecule has 0 fully saturated rings. The number of imidazole rings is 1. The second-order valence-electron chi connectivity index (χ2n) is 5.80. The average Bonchev–Trinajstić information content (AvgIpc) is 2.79. The second-order valence-corrected chi connectivity index (χ2v) is 5.80. The van der Waals surface area contributed by atoms with Crippen molar-refractivity contribution in [2.75, 3.05) is 13.1 Å². The van der Waals surface area contributed by atoms with Gasteiger partial charge in [-0.05, 0) is 43.5 Å². The first-order valence-corrected chi connectivity index (χ1v) is 7.84. The van der Waals surface area contributed by atoms with Crippen molar-refractivity contribution >= 4 is 11.0 Å². The molecule has 0 unspecified atom stereocenters. The van der Waals surface area contributed by atoms with Crippen molar-refractivity contribution in [3.8, 4) is 0 Å². The third-order valence-corrected chi connectivity index (χ3v) is 3.69. The molecule has 0 aliphatic rings. The predicted octanol–water partition coefficient (Wildman–Crippen LogP) is 3.41. The van der Waals surface area contributed by atoms with Crippen molar-refractivity contribution in [1.29, 1.82) is 0 Å². The van der Waals surface area contributed by atoms with Crippen LogP contribution in [0.5, 0.6) is 0 Å². The number of benzene rings is 1. The van der Waals surface area contributed by atoms with E-state index in [1.165, 1.54) is 16.9 Å². The van der Waals surface area contributed by atoms with Crippen LogP contribution in [0.1, 0.15) is 39.1 Å². The topological polar surface area (TPSA) is 29.9 Å². The molecule has 1 N–H and O–H groups in total. The van der Waals surface area contributed by atoms with Crippen LogP contribution in [0.15, 0.2) is 18.2 Å². The summed E-state index contributed by atoms with van der Waals surface area (Å²) in [6, 6.07) is 6.67. The van der Waals surface area contributed by atoms with Gasteiger partial charge in [0.15, 0.2) is 0 Å². The standard InChI is InChI=1S/C17H27N3/c1-5-14-7-8-16-15(11-14)19-17(20(16)6-2)9-10-18-12-13(3)4/h7-8,11,13,18H,5-6,9-10,12H2,1-4H3. The highest BCUT2D eigenvalue weighted by Crippen LogP contribution is 2.18. The van der Waals surface area contributed by atoms with Gasteiger partial charge in [0.25, 0.3) is 0 Å². The van der Waals surface area contributed by atoms with E-state index < -0.39 is 0 Å². The maximum Gasteiger partial charge on any atom is 0.111 e. The van der Waals surface area contributed by atoms with Crippen molar-refractivity contribution in [3.63, 3.8) is 0 Å². The van der Waals surface area contributed by atoms with E-state index in [-0.39, 0.29) is 0 Å². The quantitative estimate of drug-likeness (QED) is 0.784. The number of hydrogen-bond donors (Lipinski definition) is 1. The van der Waals surface area contributed by atoms with Gasteiger partial charge in [-0.2, -0.15) is 0 Å². The fourth-order valence-electron chi connectivity index (χ4n) is 2.58. The summed E-state index contributed by atoms with van der Waals surface area (Å²) < 4.78 is 2.34. The molecule has 110 valence electrons. The smallest absolute Gasteiger partial charge is 0.111 e. The summed E-state index contributed by atoms with van der Waals surface area (Å²) in [6.07, 6.45) is 2.07. The lowest BCUT2D eigenvalue weighted by Crippen LogP contribution is -2.23. The number of aryl methyl sites for hydroxylation is 2. The SMILES string of the molecule is CCc1ccc2c(c1)nc(CCNCC(C)C)n2CC. The highest BCUT2D eigenvalue weighted by atomic mass is 15.1. The number of fused-ring (bicyclic) bond motifs is 1. The summed E-state index contributed by atoms with van der Waals surface area (Å²) in [5.41, 5.74) is 3.77. The summed E-state index contributed by atoms with van der Waals surface area (Å²) in [5.74, 6) is 1.90. The zero-order chi connectivity index (χ0) is 14.5. The second kappa shape index (κ2) is 6.89. The fraction of sp³-hybridized carbons (Fsp3) is 0.588. The molecular weight excluding hydrogens is 246 g/mol. The molecule has 0 spiro atoms. The Morgan fingerprint density at radius 3 is 2.70 bits per heavy atom. The van der Waals surface area contributed by atoms with Gasteiger partial charge in [-0.15, -0.1) is 0 Å². The molecule has 0 atom stereocenters. The Balaban J connectivity index is 2.15. The summed E-state index contributed by atoms with van der Waals surface area (Å²) in [4.78, 5) is 4.83. The van der Waals surface area contributed by atoms with Crippen molar-refractivity contribution in [3.05, 3.63) is 29.6 Å². The largest absolute Gasteiger partial charge is 0.328 e. The first-order valence-electron chi connectivity index (χ1n) is 7.84. The highest BCUT2D eigenvalue weighted by Gasteiger charge is 2.09. The molecular formula is C17H27N3. The Morgan fingerprint density at radius 2 is 2.05 bits per heavy atom. The summed E-state index contributed by atoms with van der Waals surface area (Å²) in [6.45, 7) is 11.9. The normalized spacial score (nSPS) is 11.7. The monoisotopic (exact) mass is 273 g/mol. The summed E-state index contributed by atoms with van der Waals surface area (Å²) in [5, 5.41) is 3.50. The molecule has 0 saturated heterocycles. The molecule has 0 saturated carbocycles. The molecule has 2 rings (SSSR count). The molecule has 1 heterocycles. The number of aromatic nitrogens is 2. The van der Waals surface area contributed by atoms with Gasteiger partial charge in [0, 0.05) is 19.5 Å². The van der Waals surface area contributed by atoms with Crippen LogP contribution >= 0.6 is 0 Å². The zero-order valence-corrected chi connectivity index (χ0v) is 13.2. The van der Waals surface area contributed by atoms with Crippen LogP contribution in [-0.4, -0.2) is 22.6 Å². The van der Waals surface area contributed by atoms with Crippen LogP contribution in [0, 0.1) is 5.92 Å². The van der Waals surface area contributed by atoms with Gasteiger partial charge in [0.05, 0.1) is 11.0 Å². The first-order chi connectivity index (χ1) is 9.65. The van der Waals surface area contributed by atoms with Crippen LogP contribution in [0.25, 0.3) is 11.0 Å². The van der Waals surface area contributed by atoms with Crippen molar-refractivity contribution in [2.24, 2.45) is 5.92 Å². The molecule has 0 aliphatic carbocycles. The summed E-state index contributed by atoms with van der Waals surface area (Å²) in [7, 11) is 0. The number of nitrogens with zero attached hydrogens (tertiary/aromatic N) is 2. The van der Waals surface area contributed by atoms with Crippen LogP contribution in [-0.2, 0) is 19.4 Å². The third-order valence-electron chi connectivity index (χ3n) is 3.69. The van der Waals surface area contributed by atoms with E-state index in [0.29, 0.717) is 5.92 Å². The number of nitrogens with one attached hydrogen (secondary N) is 1. The van der Waals surface area contributed by atoms with Gasteiger partial charge < -0.3 is 9.88 Å². The molecule has 0 aliphatic heterocycles. The van der Waals surface area contributed by atoms with Gasteiger partial charge in [-0.1, -0.05) is 26.8 Å². The lowest BCUT2D eigenvalue weighted by Gasteiger charge is -2.08. The zero-order valence-electron chi connectivity index (χ0n) is 13.2. The highest BCUT2D eigenvalue weighted by molar-refractivity contribution is 5.77. The molecule has 0 bridgehead atoms.